The first-order valence-corrected chi connectivity index (χ1v) is 10.5. The highest BCUT2D eigenvalue weighted by atomic mass is 16.3. The first kappa shape index (κ1) is 22.0. The van der Waals surface area contributed by atoms with Gasteiger partial charge < -0.3 is 15.5 Å². The molecule has 0 aliphatic rings. The molecule has 4 aromatic rings. The molecule has 0 saturated carbocycles. The number of hydrogen-bond acceptors (Lipinski definition) is 7. The summed E-state index contributed by atoms with van der Waals surface area (Å²) in [5.41, 5.74) is 13.4. The summed E-state index contributed by atoms with van der Waals surface area (Å²) in [4.78, 5) is 17.4. The monoisotopic (exact) mass is 442 g/mol. The predicted molar refractivity (Wildman–Crippen MR) is 132 cm³/mol. The van der Waals surface area contributed by atoms with Crippen LogP contribution in [-0.2, 0) is 0 Å². The second kappa shape index (κ2) is 9.13. The van der Waals surface area contributed by atoms with Crippen molar-refractivity contribution >= 4 is 22.5 Å². The van der Waals surface area contributed by atoms with E-state index in [1.54, 1.807) is 19.3 Å². The van der Waals surface area contributed by atoms with E-state index >= 15 is 0 Å². The van der Waals surface area contributed by atoms with Crippen LogP contribution in [0.1, 0.15) is 35.2 Å². The van der Waals surface area contributed by atoms with E-state index in [1.807, 2.05) is 62.4 Å². The fraction of sp³-hybridized carbons (Fsp3) is 0.160. The summed E-state index contributed by atoms with van der Waals surface area (Å²) in [7, 11) is 0. The van der Waals surface area contributed by atoms with Gasteiger partial charge in [0.2, 0.25) is 0 Å². The topological polar surface area (TPSA) is 132 Å². The molecule has 2 aromatic carbocycles. The minimum Gasteiger partial charge on any atom is -0.455 e. The van der Waals surface area contributed by atoms with Gasteiger partial charge >= 0.3 is 0 Å². The molecule has 8 heteroatoms. The molecule has 0 aliphatic heterocycles. The van der Waals surface area contributed by atoms with Crippen molar-refractivity contribution in [1.29, 1.82) is 0 Å². The number of amidine groups is 1. The Labute approximate surface area is 191 Å². The summed E-state index contributed by atoms with van der Waals surface area (Å²) in [5, 5.41) is 7.90. The van der Waals surface area contributed by atoms with Crippen LogP contribution in [-0.4, -0.2) is 10.8 Å². The fourth-order valence-electron chi connectivity index (χ4n) is 3.93. The molecule has 0 spiro atoms. The number of pyridine rings is 1. The molecule has 1 unspecified atom stereocenters. The minimum absolute atomic E-state index is 0.0574. The quantitative estimate of drug-likeness (QED) is 0.155. The molecule has 8 nitrogen and oxygen atoms in total. The highest BCUT2D eigenvalue weighted by Crippen LogP contribution is 2.32. The van der Waals surface area contributed by atoms with E-state index in [1.165, 1.54) is 0 Å². The van der Waals surface area contributed by atoms with E-state index in [2.05, 4.69) is 20.9 Å². The highest BCUT2D eigenvalue weighted by Gasteiger charge is 2.20. The number of para-hydroxylation sites is 1. The summed E-state index contributed by atoms with van der Waals surface area (Å²) in [6.07, 6.45) is 3.38. The van der Waals surface area contributed by atoms with Crippen molar-refractivity contribution in [2.45, 2.75) is 26.8 Å². The number of fused-ring (bicyclic) bond motifs is 1. The number of nitrogens with one attached hydrogen (secondary N) is 2. The molecule has 33 heavy (non-hydrogen) atoms. The number of aromatic nitrogens is 1. The first-order chi connectivity index (χ1) is 15.9. The molecule has 0 bridgehead atoms. The molecule has 0 saturated heterocycles. The number of rotatable bonds is 6. The molecule has 168 valence electrons. The lowest BCUT2D eigenvalue weighted by Gasteiger charge is -2.20. The van der Waals surface area contributed by atoms with Crippen molar-refractivity contribution in [3.63, 3.8) is 0 Å². The van der Waals surface area contributed by atoms with Crippen molar-refractivity contribution in [3.8, 4) is 11.3 Å². The van der Waals surface area contributed by atoms with E-state index in [0.29, 0.717) is 27.9 Å². The van der Waals surface area contributed by atoms with Crippen LogP contribution in [0.5, 0.6) is 0 Å². The maximum Gasteiger partial charge on any atom is 0.196 e. The third kappa shape index (κ3) is 4.28. The van der Waals surface area contributed by atoms with Crippen LogP contribution in [0.15, 0.2) is 75.2 Å². The summed E-state index contributed by atoms with van der Waals surface area (Å²) < 4.78 is 6.37. The molecule has 2 aromatic heterocycles. The lowest BCUT2D eigenvalue weighted by atomic mass is 9.98. The molecule has 0 fully saturated rings. The van der Waals surface area contributed by atoms with Crippen LogP contribution in [0.3, 0.4) is 0 Å². The van der Waals surface area contributed by atoms with E-state index < -0.39 is 0 Å². The Morgan fingerprint density at radius 3 is 2.67 bits per heavy atom. The molecule has 2 heterocycles. The second-order valence-corrected chi connectivity index (χ2v) is 7.90. The number of anilines is 1. The molecular weight excluding hydrogens is 416 g/mol. The molecule has 0 aliphatic carbocycles. The smallest absolute Gasteiger partial charge is 0.196 e. The maximum absolute atomic E-state index is 13.3. The fourth-order valence-corrected chi connectivity index (χ4v) is 3.93. The van der Waals surface area contributed by atoms with Crippen molar-refractivity contribution in [1.82, 2.24) is 10.5 Å². The molecule has 4 rings (SSSR count). The third-order valence-electron chi connectivity index (χ3n) is 5.54. The zero-order valence-electron chi connectivity index (χ0n) is 18.7. The largest absolute Gasteiger partial charge is 0.455 e. The molecule has 0 radical (unpaired) electrons. The normalized spacial score (nSPS) is 12.5. The SMILES string of the molecule is Cc1cc(C(C)Nc2ccccc2/C(N)=N/NN)c2oc(-c3cccnc3)c(C)c(=O)c2c1. The average molecular weight is 443 g/mol. The number of benzene rings is 2. The van der Waals surface area contributed by atoms with Crippen molar-refractivity contribution in [2.24, 2.45) is 16.7 Å². The Kier molecular flexibility index (Phi) is 6.10. The molecule has 1 atom stereocenters. The zero-order valence-corrected chi connectivity index (χ0v) is 18.7. The number of hydrogen-bond donors (Lipinski definition) is 4. The van der Waals surface area contributed by atoms with E-state index in [4.69, 9.17) is 16.0 Å². The van der Waals surface area contributed by atoms with E-state index in [9.17, 15) is 4.79 Å². The first-order valence-electron chi connectivity index (χ1n) is 10.5. The van der Waals surface area contributed by atoms with Crippen LogP contribution in [0.25, 0.3) is 22.3 Å². The van der Waals surface area contributed by atoms with Gasteiger partial charge in [0.1, 0.15) is 11.3 Å². The predicted octanol–water partition coefficient (Wildman–Crippen LogP) is 3.73. The number of hydrazine groups is 1. The van der Waals surface area contributed by atoms with Gasteiger partial charge in [0.15, 0.2) is 11.3 Å². The second-order valence-electron chi connectivity index (χ2n) is 7.90. The summed E-state index contributed by atoms with van der Waals surface area (Å²) in [6, 6.07) is 14.9. The van der Waals surface area contributed by atoms with Crippen LogP contribution < -0.4 is 27.9 Å². The highest BCUT2D eigenvalue weighted by molar-refractivity contribution is 6.02. The molecule has 6 N–H and O–H groups in total. The van der Waals surface area contributed by atoms with Crippen molar-refractivity contribution < 1.29 is 4.42 Å². The van der Waals surface area contributed by atoms with Gasteiger partial charge in [-0.15, -0.1) is 5.10 Å². The summed E-state index contributed by atoms with van der Waals surface area (Å²) in [5.74, 6) is 6.06. The van der Waals surface area contributed by atoms with Crippen LogP contribution in [0.2, 0.25) is 0 Å². The van der Waals surface area contributed by atoms with Gasteiger partial charge in [-0.2, -0.15) is 0 Å². The van der Waals surface area contributed by atoms with Crippen LogP contribution in [0.4, 0.5) is 5.69 Å². The van der Waals surface area contributed by atoms with Gasteiger partial charge in [-0.1, -0.05) is 18.2 Å². The standard InChI is InChI=1S/C25H26N6O2/c1-14-11-19(16(3)29-21-9-5-4-8-18(21)25(26)30-31-27)24-20(12-14)22(32)15(2)23(33-24)17-7-6-10-28-13-17/h4-13,16,29,31H,27H2,1-3H3,(H2,26,30). The Balaban J connectivity index is 1.86. The van der Waals surface area contributed by atoms with Crippen LogP contribution >= 0.6 is 0 Å². The Hall–Kier alpha value is -4.17. The number of nitrogens with zero attached hydrogens (tertiary/aromatic N) is 2. The Morgan fingerprint density at radius 1 is 1.15 bits per heavy atom. The van der Waals surface area contributed by atoms with E-state index in [-0.39, 0.29) is 17.3 Å². The van der Waals surface area contributed by atoms with E-state index in [0.717, 1.165) is 22.4 Å². The lowest BCUT2D eigenvalue weighted by molar-refractivity contribution is 0.605. The van der Waals surface area contributed by atoms with Gasteiger partial charge in [0, 0.05) is 40.3 Å². The van der Waals surface area contributed by atoms with Crippen molar-refractivity contribution in [2.75, 3.05) is 5.32 Å². The minimum atomic E-state index is -0.209. The number of hydrazone groups is 1. The number of nitrogens with two attached hydrogens (primary N) is 2. The van der Waals surface area contributed by atoms with Gasteiger partial charge in [0.05, 0.1) is 11.4 Å². The zero-order chi connectivity index (χ0) is 23.5. The Bertz CT molecular complexity index is 1400. The summed E-state index contributed by atoms with van der Waals surface area (Å²) in [6.45, 7) is 5.75. The van der Waals surface area contributed by atoms with Gasteiger partial charge in [0.25, 0.3) is 0 Å². The molecule has 0 amide bonds. The third-order valence-corrected chi connectivity index (χ3v) is 5.54. The lowest BCUT2D eigenvalue weighted by Crippen LogP contribution is -2.24. The van der Waals surface area contributed by atoms with Gasteiger partial charge in [-0.3, -0.25) is 9.78 Å². The molecular formula is C25H26N6O2. The Morgan fingerprint density at radius 2 is 1.94 bits per heavy atom. The van der Waals surface area contributed by atoms with Gasteiger partial charge in [-0.25, -0.2) is 11.4 Å². The van der Waals surface area contributed by atoms with Gasteiger partial charge in [-0.05, 0) is 56.7 Å². The average Bonchev–Trinajstić information content (AvgIpc) is 2.82. The summed E-state index contributed by atoms with van der Waals surface area (Å²) >= 11 is 0. The van der Waals surface area contributed by atoms with Crippen LogP contribution in [0, 0.1) is 13.8 Å². The maximum atomic E-state index is 13.3. The van der Waals surface area contributed by atoms with Crippen molar-refractivity contribution in [3.05, 3.63) is 93.4 Å². The number of aryl methyl sites for hydroxylation is 1.